The fourth-order valence-corrected chi connectivity index (χ4v) is 2.94. The minimum absolute atomic E-state index is 0.441. The Bertz CT molecular complexity index is 383. The van der Waals surface area contributed by atoms with Crippen molar-refractivity contribution in [2.24, 2.45) is 0 Å². The standard InChI is InChI=1S/C18H36BN2O2/c1-2-3-4-5-6-7-8-9-10-11-14-20-16-17-21(18-20)15-12-13-19(22)23/h16-18,22-23H,2-15H2,1H3/q+1. The molecule has 0 aliphatic carbocycles. The van der Waals surface area contributed by atoms with Crippen LogP contribution in [0.2, 0.25) is 6.32 Å². The molecule has 0 unspecified atom stereocenters. The van der Waals surface area contributed by atoms with Gasteiger partial charge in [-0.1, -0.05) is 58.3 Å². The van der Waals surface area contributed by atoms with Crippen molar-refractivity contribution < 1.29 is 14.6 Å². The van der Waals surface area contributed by atoms with Gasteiger partial charge in [-0.15, -0.1) is 0 Å². The minimum atomic E-state index is -1.18. The van der Waals surface area contributed by atoms with Gasteiger partial charge in [-0.3, -0.25) is 0 Å². The SMILES string of the molecule is CCCCCCCCCCCC[n+]1ccn(CCCB(O)O)c1. The number of nitrogens with zero attached hydrogens (tertiary/aromatic N) is 2. The highest BCUT2D eigenvalue weighted by atomic mass is 16.4. The molecule has 0 fully saturated rings. The van der Waals surface area contributed by atoms with Crippen molar-refractivity contribution >= 4 is 7.12 Å². The predicted molar refractivity (Wildman–Crippen MR) is 96.1 cm³/mol. The molecule has 0 bridgehead atoms. The van der Waals surface area contributed by atoms with E-state index < -0.39 is 7.12 Å². The van der Waals surface area contributed by atoms with Gasteiger partial charge in [-0.05, 0) is 25.6 Å². The van der Waals surface area contributed by atoms with E-state index in [-0.39, 0.29) is 0 Å². The summed E-state index contributed by atoms with van der Waals surface area (Å²) < 4.78 is 4.36. The molecular formula is C18H36BN2O2+. The van der Waals surface area contributed by atoms with E-state index in [1.165, 1.54) is 64.2 Å². The third-order valence-corrected chi connectivity index (χ3v) is 4.39. The lowest BCUT2D eigenvalue weighted by molar-refractivity contribution is -0.696. The molecule has 23 heavy (non-hydrogen) atoms. The lowest BCUT2D eigenvalue weighted by Crippen LogP contribution is -2.30. The van der Waals surface area contributed by atoms with Gasteiger partial charge in [0.2, 0.25) is 6.33 Å². The molecule has 2 N–H and O–H groups in total. The first-order valence-corrected chi connectivity index (χ1v) is 9.63. The van der Waals surface area contributed by atoms with Crippen LogP contribution in [-0.2, 0) is 13.1 Å². The second-order valence-electron chi connectivity index (χ2n) is 6.69. The van der Waals surface area contributed by atoms with Crippen LogP contribution in [0.5, 0.6) is 0 Å². The van der Waals surface area contributed by atoms with Crippen LogP contribution in [-0.4, -0.2) is 21.7 Å². The van der Waals surface area contributed by atoms with Crippen LogP contribution in [0, 0.1) is 0 Å². The molecule has 5 heteroatoms. The zero-order valence-corrected chi connectivity index (χ0v) is 15.0. The number of hydrogen-bond acceptors (Lipinski definition) is 2. The number of unbranched alkanes of at least 4 members (excludes halogenated alkanes) is 9. The largest absolute Gasteiger partial charge is 0.451 e. The topological polar surface area (TPSA) is 49.3 Å². The van der Waals surface area contributed by atoms with Gasteiger partial charge >= 0.3 is 7.12 Å². The maximum Gasteiger partial charge on any atom is 0.451 e. The van der Waals surface area contributed by atoms with Crippen LogP contribution in [0.1, 0.15) is 77.6 Å². The first-order valence-electron chi connectivity index (χ1n) is 9.63. The summed E-state index contributed by atoms with van der Waals surface area (Å²) >= 11 is 0. The van der Waals surface area contributed by atoms with Crippen molar-refractivity contribution in [1.82, 2.24) is 4.57 Å². The van der Waals surface area contributed by atoms with Gasteiger partial charge < -0.3 is 10.0 Å². The second kappa shape index (κ2) is 13.6. The van der Waals surface area contributed by atoms with E-state index in [0.717, 1.165) is 19.5 Å². The summed E-state index contributed by atoms with van der Waals surface area (Å²) in [5, 5.41) is 17.7. The lowest BCUT2D eigenvalue weighted by atomic mass is 9.84. The molecule has 132 valence electrons. The molecule has 4 nitrogen and oxygen atoms in total. The normalized spacial score (nSPS) is 11.1. The van der Waals surface area contributed by atoms with Crippen molar-refractivity contribution in [3.05, 3.63) is 18.7 Å². The zero-order chi connectivity index (χ0) is 16.8. The maximum atomic E-state index is 8.84. The summed E-state index contributed by atoms with van der Waals surface area (Å²) in [5.41, 5.74) is 0. The van der Waals surface area contributed by atoms with Crippen molar-refractivity contribution in [1.29, 1.82) is 0 Å². The van der Waals surface area contributed by atoms with E-state index in [9.17, 15) is 0 Å². The Balaban J connectivity index is 1.94. The molecule has 1 aromatic heterocycles. The number of hydrogen-bond donors (Lipinski definition) is 2. The highest BCUT2D eigenvalue weighted by Gasteiger charge is 2.08. The van der Waals surface area contributed by atoms with Crippen LogP contribution in [0.4, 0.5) is 0 Å². The molecular weight excluding hydrogens is 287 g/mol. The molecule has 1 aromatic rings. The van der Waals surface area contributed by atoms with Crippen molar-refractivity contribution in [2.75, 3.05) is 0 Å². The van der Waals surface area contributed by atoms with Crippen LogP contribution in [0.15, 0.2) is 18.7 Å². The Hall–Kier alpha value is -0.805. The van der Waals surface area contributed by atoms with E-state index in [4.69, 9.17) is 10.0 Å². The molecule has 0 aliphatic heterocycles. The van der Waals surface area contributed by atoms with Gasteiger partial charge in [0.05, 0.1) is 13.1 Å². The van der Waals surface area contributed by atoms with Crippen molar-refractivity contribution in [2.45, 2.75) is 97.0 Å². The van der Waals surface area contributed by atoms with E-state index >= 15 is 0 Å². The Morgan fingerprint density at radius 2 is 1.48 bits per heavy atom. The third-order valence-electron chi connectivity index (χ3n) is 4.39. The van der Waals surface area contributed by atoms with Crippen LogP contribution in [0.3, 0.4) is 0 Å². The van der Waals surface area contributed by atoms with E-state index in [2.05, 4.69) is 34.8 Å². The first-order chi connectivity index (χ1) is 11.2. The van der Waals surface area contributed by atoms with Crippen LogP contribution in [0.25, 0.3) is 0 Å². The Morgan fingerprint density at radius 1 is 0.870 bits per heavy atom. The van der Waals surface area contributed by atoms with Gasteiger partial charge in [0.1, 0.15) is 12.4 Å². The monoisotopic (exact) mass is 323 g/mol. The lowest BCUT2D eigenvalue weighted by Gasteiger charge is -2.01. The van der Waals surface area contributed by atoms with Gasteiger partial charge in [0.15, 0.2) is 0 Å². The molecule has 0 aliphatic rings. The second-order valence-corrected chi connectivity index (χ2v) is 6.69. The summed E-state index contributed by atoms with van der Waals surface area (Å²) in [4.78, 5) is 0. The highest BCUT2D eigenvalue weighted by molar-refractivity contribution is 6.40. The van der Waals surface area contributed by atoms with E-state index in [1.54, 1.807) is 0 Å². The molecule has 0 atom stereocenters. The molecule has 0 spiro atoms. The van der Waals surface area contributed by atoms with Crippen LogP contribution >= 0.6 is 0 Å². The fourth-order valence-electron chi connectivity index (χ4n) is 2.94. The fraction of sp³-hybridized carbons (Fsp3) is 0.833. The molecule has 0 radical (unpaired) electrons. The number of aromatic nitrogens is 2. The minimum Gasteiger partial charge on any atom is -0.427 e. The summed E-state index contributed by atoms with van der Waals surface area (Å²) in [6, 6.07) is 0. The molecule has 0 aromatic carbocycles. The summed E-state index contributed by atoms with van der Waals surface area (Å²) in [6.45, 7) is 4.21. The molecule has 1 heterocycles. The smallest absolute Gasteiger partial charge is 0.427 e. The van der Waals surface area contributed by atoms with Gasteiger partial charge in [-0.25, -0.2) is 9.13 Å². The number of rotatable bonds is 15. The van der Waals surface area contributed by atoms with Crippen LogP contribution < -0.4 is 4.57 Å². The number of imidazole rings is 1. The van der Waals surface area contributed by atoms with Crippen molar-refractivity contribution in [3.8, 4) is 0 Å². The molecule has 0 saturated carbocycles. The maximum absolute atomic E-state index is 8.84. The Labute approximate surface area is 142 Å². The quantitative estimate of drug-likeness (QED) is 0.294. The highest BCUT2D eigenvalue weighted by Crippen LogP contribution is 2.10. The molecule has 0 amide bonds. The van der Waals surface area contributed by atoms with Gasteiger partial charge in [0, 0.05) is 0 Å². The zero-order valence-electron chi connectivity index (χ0n) is 15.0. The third kappa shape index (κ3) is 11.4. The van der Waals surface area contributed by atoms with Crippen molar-refractivity contribution in [3.63, 3.8) is 0 Å². The van der Waals surface area contributed by atoms with Gasteiger partial charge in [-0.2, -0.15) is 0 Å². The summed E-state index contributed by atoms with van der Waals surface area (Å²) in [5.74, 6) is 0. The average Bonchev–Trinajstić information content (AvgIpc) is 2.96. The molecule has 0 saturated heterocycles. The first kappa shape index (κ1) is 20.2. The summed E-state index contributed by atoms with van der Waals surface area (Å²) in [7, 11) is -1.18. The average molecular weight is 323 g/mol. The molecule has 1 rings (SSSR count). The summed E-state index contributed by atoms with van der Waals surface area (Å²) in [6.07, 6.45) is 21.3. The Morgan fingerprint density at radius 3 is 2.09 bits per heavy atom. The van der Waals surface area contributed by atoms with E-state index in [0.29, 0.717) is 6.32 Å². The number of aryl methyl sites for hydroxylation is 2. The van der Waals surface area contributed by atoms with Gasteiger partial charge in [0.25, 0.3) is 0 Å². The van der Waals surface area contributed by atoms with E-state index in [1.807, 2.05) is 0 Å². The predicted octanol–water partition coefficient (Wildman–Crippen LogP) is 3.56. The Kier molecular flexibility index (Phi) is 12.0.